The maximum absolute atomic E-state index is 13.2. The number of allylic oxidation sites excluding steroid dienone is 1. The van der Waals surface area contributed by atoms with Crippen molar-refractivity contribution >= 4 is 26.8 Å². The third-order valence-corrected chi connectivity index (χ3v) is 5.26. The van der Waals surface area contributed by atoms with Gasteiger partial charge in [0.1, 0.15) is 23.1 Å². The molecular weight excluding hydrogens is 410 g/mol. The van der Waals surface area contributed by atoms with Gasteiger partial charge in [-0.15, -0.1) is 0 Å². The highest BCUT2D eigenvalue weighted by atomic mass is 79.9. The number of nitrogens with zero attached hydrogens (tertiary/aromatic N) is 2. The first-order valence-electron chi connectivity index (χ1n) is 8.11. The lowest BCUT2D eigenvalue weighted by Crippen LogP contribution is -2.31. The van der Waals surface area contributed by atoms with E-state index in [0.29, 0.717) is 26.7 Å². The molecule has 3 N–H and O–H groups in total. The minimum absolute atomic E-state index is 0.0354. The second-order valence-corrected chi connectivity index (χ2v) is 7.17. The Morgan fingerprint density at radius 3 is 2.78 bits per heavy atom. The predicted octanol–water partition coefficient (Wildman–Crippen LogP) is 3.22. The minimum atomic E-state index is -0.834. The molecule has 0 radical (unpaired) electrons. The molecular formula is C20H14BrN3O3. The third-order valence-electron chi connectivity index (χ3n) is 4.77. The molecule has 0 spiro atoms. The lowest BCUT2D eigenvalue weighted by Gasteiger charge is -2.28. The van der Waals surface area contributed by atoms with E-state index >= 15 is 0 Å². The third kappa shape index (κ3) is 2.49. The summed E-state index contributed by atoms with van der Waals surface area (Å²) in [5.74, 6) is -0.631. The molecule has 0 unspecified atom stereocenters. The number of ether oxygens (including phenoxy) is 1. The molecule has 134 valence electrons. The lowest BCUT2D eigenvalue weighted by atomic mass is 9.83. The van der Waals surface area contributed by atoms with Gasteiger partial charge in [0.05, 0.1) is 17.0 Å². The van der Waals surface area contributed by atoms with Crippen molar-refractivity contribution in [3.63, 3.8) is 0 Å². The van der Waals surface area contributed by atoms with Crippen LogP contribution in [-0.4, -0.2) is 9.67 Å². The van der Waals surface area contributed by atoms with Crippen LogP contribution in [0.25, 0.3) is 10.9 Å². The zero-order valence-electron chi connectivity index (χ0n) is 14.2. The number of nitriles is 1. The van der Waals surface area contributed by atoms with Crippen molar-refractivity contribution in [2.45, 2.75) is 5.92 Å². The fraction of sp³-hybridized carbons (Fsp3) is 0.100. The zero-order chi connectivity index (χ0) is 19.3. The van der Waals surface area contributed by atoms with Crippen LogP contribution in [0.5, 0.6) is 11.5 Å². The Hall–Kier alpha value is -3.24. The fourth-order valence-electron chi connectivity index (χ4n) is 3.49. The van der Waals surface area contributed by atoms with Crippen LogP contribution in [0.3, 0.4) is 0 Å². The molecule has 1 aliphatic heterocycles. The molecule has 3 aromatic rings. The molecule has 2 heterocycles. The highest BCUT2D eigenvalue weighted by molar-refractivity contribution is 9.10. The van der Waals surface area contributed by atoms with Crippen LogP contribution in [0.1, 0.15) is 17.0 Å². The first kappa shape index (κ1) is 17.2. The first-order valence-corrected chi connectivity index (χ1v) is 8.91. The van der Waals surface area contributed by atoms with Crippen molar-refractivity contribution < 1.29 is 9.84 Å². The average Bonchev–Trinajstić information content (AvgIpc) is 2.67. The second-order valence-electron chi connectivity index (χ2n) is 6.25. The summed E-state index contributed by atoms with van der Waals surface area (Å²) in [4.78, 5) is 13.2. The smallest absolute Gasteiger partial charge is 0.258 e. The molecule has 4 rings (SSSR count). The molecule has 0 saturated carbocycles. The summed E-state index contributed by atoms with van der Waals surface area (Å²) in [6.07, 6.45) is 0. The number of halogens is 1. The van der Waals surface area contributed by atoms with E-state index in [1.165, 1.54) is 10.6 Å². The van der Waals surface area contributed by atoms with Crippen molar-refractivity contribution in [2.24, 2.45) is 12.8 Å². The topological polar surface area (TPSA) is 101 Å². The van der Waals surface area contributed by atoms with Crippen LogP contribution in [0, 0.1) is 11.3 Å². The summed E-state index contributed by atoms with van der Waals surface area (Å²) in [6, 6.07) is 14.2. The van der Waals surface area contributed by atoms with Crippen molar-refractivity contribution in [3.8, 4) is 17.6 Å². The van der Waals surface area contributed by atoms with E-state index in [0.717, 1.165) is 0 Å². The minimum Gasteiger partial charge on any atom is -0.508 e. The van der Waals surface area contributed by atoms with Crippen LogP contribution in [-0.2, 0) is 7.05 Å². The Bertz CT molecular complexity index is 1240. The fourth-order valence-corrected chi connectivity index (χ4v) is 3.87. The largest absolute Gasteiger partial charge is 0.508 e. The molecule has 1 aromatic heterocycles. The number of nitrogens with two attached hydrogens (primary N) is 1. The number of fused-ring (bicyclic) bond motifs is 3. The van der Waals surface area contributed by atoms with Gasteiger partial charge in [-0.1, -0.05) is 28.1 Å². The van der Waals surface area contributed by atoms with Gasteiger partial charge in [0.15, 0.2) is 0 Å². The molecule has 1 atom stereocenters. The standard InChI is InChI=1S/C20H14BrN3O3/c1-24-14-5-3-2-4-11(14)18-17(20(24)26)16(13(9-22)19(23)27-18)12-8-10(21)6-7-15(12)25/h2-8,16,25H,23H2,1H3/t16-/m0/s1. The van der Waals surface area contributed by atoms with Gasteiger partial charge in [-0.2, -0.15) is 5.26 Å². The van der Waals surface area contributed by atoms with Crippen molar-refractivity contribution in [1.82, 2.24) is 4.57 Å². The number of phenolic OH excluding ortho intramolecular Hbond substituents is 1. The summed E-state index contributed by atoms with van der Waals surface area (Å²) < 4.78 is 7.95. The summed E-state index contributed by atoms with van der Waals surface area (Å²) >= 11 is 3.38. The van der Waals surface area contributed by atoms with Gasteiger partial charge >= 0.3 is 0 Å². The second kappa shape index (κ2) is 6.18. The van der Waals surface area contributed by atoms with Gasteiger partial charge in [-0.05, 0) is 30.3 Å². The first-order chi connectivity index (χ1) is 12.9. The van der Waals surface area contributed by atoms with Gasteiger partial charge in [-0.3, -0.25) is 4.79 Å². The highest BCUT2D eigenvalue weighted by Crippen LogP contribution is 2.45. The average molecular weight is 424 g/mol. The molecule has 2 aromatic carbocycles. The predicted molar refractivity (Wildman–Crippen MR) is 104 cm³/mol. The summed E-state index contributed by atoms with van der Waals surface area (Å²) in [5.41, 5.74) is 7.17. The molecule has 7 heteroatoms. The molecule has 0 saturated heterocycles. The monoisotopic (exact) mass is 423 g/mol. The van der Waals surface area contributed by atoms with E-state index in [9.17, 15) is 15.2 Å². The van der Waals surface area contributed by atoms with E-state index in [-0.39, 0.29) is 28.3 Å². The number of rotatable bonds is 1. The van der Waals surface area contributed by atoms with Crippen molar-refractivity contribution in [3.05, 3.63) is 79.9 Å². The number of para-hydroxylation sites is 1. The van der Waals surface area contributed by atoms with E-state index < -0.39 is 5.92 Å². The van der Waals surface area contributed by atoms with Gasteiger partial charge in [0, 0.05) is 22.5 Å². The SMILES string of the molecule is Cn1c(=O)c2c(c3ccccc31)OC(N)=C(C#N)[C@@H]2c1cc(Br)ccc1O. The summed E-state index contributed by atoms with van der Waals surface area (Å²) in [6.45, 7) is 0. The normalized spacial score (nSPS) is 16.0. The van der Waals surface area contributed by atoms with E-state index in [1.807, 2.05) is 30.3 Å². The molecule has 0 amide bonds. The Morgan fingerprint density at radius 2 is 2.04 bits per heavy atom. The van der Waals surface area contributed by atoms with Gasteiger partial charge in [0.25, 0.3) is 5.56 Å². The van der Waals surface area contributed by atoms with E-state index in [2.05, 4.69) is 15.9 Å². The number of phenols is 1. The number of hydrogen-bond acceptors (Lipinski definition) is 5. The Morgan fingerprint density at radius 1 is 1.30 bits per heavy atom. The van der Waals surface area contributed by atoms with Crippen molar-refractivity contribution in [1.29, 1.82) is 5.26 Å². The molecule has 1 aliphatic rings. The number of aromatic hydroxyl groups is 1. The number of hydrogen-bond donors (Lipinski definition) is 2. The Balaban J connectivity index is 2.17. The van der Waals surface area contributed by atoms with Gasteiger partial charge < -0.3 is 20.1 Å². The quantitative estimate of drug-likeness (QED) is 0.625. The Kier molecular flexibility index (Phi) is 3.93. The van der Waals surface area contributed by atoms with Crippen LogP contribution in [0.2, 0.25) is 0 Å². The highest BCUT2D eigenvalue weighted by Gasteiger charge is 2.36. The van der Waals surface area contributed by atoms with Crippen LogP contribution in [0.15, 0.2) is 63.2 Å². The molecule has 6 nitrogen and oxygen atoms in total. The lowest BCUT2D eigenvalue weighted by molar-refractivity contribution is 0.393. The number of benzene rings is 2. The van der Waals surface area contributed by atoms with E-state index in [1.54, 1.807) is 19.2 Å². The summed E-state index contributed by atoms with van der Waals surface area (Å²) in [7, 11) is 1.66. The molecule has 0 aliphatic carbocycles. The maximum Gasteiger partial charge on any atom is 0.258 e. The van der Waals surface area contributed by atoms with Crippen LogP contribution in [0.4, 0.5) is 0 Å². The molecule has 0 fully saturated rings. The summed E-state index contributed by atoms with van der Waals surface area (Å²) in [5, 5.41) is 20.8. The van der Waals surface area contributed by atoms with Gasteiger partial charge in [-0.25, -0.2) is 0 Å². The number of aromatic nitrogens is 1. The van der Waals surface area contributed by atoms with Gasteiger partial charge in [0.2, 0.25) is 5.88 Å². The number of aryl methyl sites for hydroxylation is 1. The molecule has 0 bridgehead atoms. The zero-order valence-corrected chi connectivity index (χ0v) is 15.8. The van der Waals surface area contributed by atoms with Crippen LogP contribution < -0.4 is 16.0 Å². The maximum atomic E-state index is 13.2. The van der Waals surface area contributed by atoms with Crippen molar-refractivity contribution in [2.75, 3.05) is 0 Å². The Labute approximate surface area is 162 Å². The number of pyridine rings is 1. The van der Waals surface area contributed by atoms with E-state index in [4.69, 9.17) is 10.5 Å². The molecule has 27 heavy (non-hydrogen) atoms. The van der Waals surface area contributed by atoms with Crippen LogP contribution >= 0.6 is 15.9 Å².